The topological polar surface area (TPSA) is 47.9 Å². The van der Waals surface area contributed by atoms with E-state index in [0.29, 0.717) is 6.61 Å². The molecule has 3 aromatic heterocycles. The fraction of sp³-hybridized carbons (Fsp3) is 0.0357. The van der Waals surface area contributed by atoms with Gasteiger partial charge in [-0.05, 0) is 35.9 Å². The molecule has 0 spiro atoms. The fourth-order valence-electron chi connectivity index (χ4n) is 4.10. The number of hydrogen-bond acceptors (Lipinski definition) is 4. The third-order valence-electron chi connectivity index (χ3n) is 5.68. The first-order chi connectivity index (χ1) is 15.9. The molecule has 3 aromatic carbocycles. The van der Waals surface area contributed by atoms with E-state index in [1.54, 1.807) is 6.20 Å². The van der Waals surface area contributed by atoms with Crippen molar-refractivity contribution < 1.29 is 4.74 Å². The number of hydrogen-bond donors (Lipinski definition) is 0. The molecule has 0 atom stereocenters. The van der Waals surface area contributed by atoms with Gasteiger partial charge in [-0.1, -0.05) is 60.7 Å². The molecule has 0 saturated carbocycles. The summed E-state index contributed by atoms with van der Waals surface area (Å²) in [5.41, 5.74) is 5.69. The minimum absolute atomic E-state index is 0.498. The van der Waals surface area contributed by atoms with Gasteiger partial charge < -0.3 is 4.74 Å². The maximum atomic E-state index is 6.13. The minimum Gasteiger partial charge on any atom is -0.487 e. The first kappa shape index (κ1) is 18.5. The van der Waals surface area contributed by atoms with Crippen LogP contribution in [0.3, 0.4) is 0 Å². The molecule has 3 heterocycles. The van der Waals surface area contributed by atoms with Crippen molar-refractivity contribution in [1.29, 1.82) is 0 Å². The van der Waals surface area contributed by atoms with Crippen molar-refractivity contribution in [3.8, 4) is 17.0 Å². The third-order valence-corrected chi connectivity index (χ3v) is 5.68. The van der Waals surface area contributed by atoms with E-state index in [9.17, 15) is 0 Å². The molecule has 0 radical (unpaired) electrons. The van der Waals surface area contributed by atoms with Crippen LogP contribution in [0, 0.1) is 0 Å². The second-order valence-corrected chi connectivity index (χ2v) is 7.69. The van der Waals surface area contributed by atoms with E-state index in [1.807, 2.05) is 42.6 Å². The van der Waals surface area contributed by atoms with E-state index in [-0.39, 0.29) is 0 Å². The largest absolute Gasteiger partial charge is 0.487 e. The van der Waals surface area contributed by atoms with Crippen LogP contribution in [0.1, 0.15) is 5.56 Å². The number of pyridine rings is 3. The van der Waals surface area contributed by atoms with Crippen molar-refractivity contribution in [1.82, 2.24) is 15.0 Å². The van der Waals surface area contributed by atoms with Crippen LogP contribution < -0.4 is 4.74 Å². The molecule has 0 N–H and O–H groups in total. The molecule has 0 bridgehead atoms. The lowest BCUT2D eigenvalue weighted by Crippen LogP contribution is -1.97. The summed E-state index contributed by atoms with van der Waals surface area (Å²) in [6, 6.07) is 30.6. The Hall–Kier alpha value is -4.31. The SMILES string of the molecule is c1ccc(COc2ccc(-c3ccc4ccc5cccnc5c4n3)c3cccnc23)cc1. The molecule has 0 amide bonds. The van der Waals surface area contributed by atoms with Crippen molar-refractivity contribution in [2.45, 2.75) is 6.61 Å². The van der Waals surface area contributed by atoms with Gasteiger partial charge in [-0.15, -0.1) is 0 Å². The van der Waals surface area contributed by atoms with Crippen molar-refractivity contribution in [3.05, 3.63) is 109 Å². The zero-order valence-corrected chi connectivity index (χ0v) is 17.3. The summed E-state index contributed by atoms with van der Waals surface area (Å²) in [7, 11) is 0. The molecule has 6 aromatic rings. The average Bonchev–Trinajstić information content (AvgIpc) is 2.87. The maximum Gasteiger partial charge on any atom is 0.146 e. The van der Waals surface area contributed by atoms with Gasteiger partial charge in [0.1, 0.15) is 17.9 Å². The van der Waals surface area contributed by atoms with Crippen molar-refractivity contribution in [2.75, 3.05) is 0 Å². The summed E-state index contributed by atoms with van der Waals surface area (Å²) in [5.74, 6) is 0.765. The van der Waals surface area contributed by atoms with Crippen molar-refractivity contribution >= 4 is 32.7 Å². The van der Waals surface area contributed by atoms with Gasteiger partial charge in [0.2, 0.25) is 0 Å². The first-order valence-corrected chi connectivity index (χ1v) is 10.6. The summed E-state index contributed by atoms with van der Waals surface area (Å²) in [6.07, 6.45) is 3.61. The molecule has 152 valence electrons. The van der Waals surface area contributed by atoms with Gasteiger partial charge in [0.05, 0.1) is 16.7 Å². The highest BCUT2D eigenvalue weighted by Crippen LogP contribution is 2.34. The number of ether oxygens (including phenoxy) is 1. The summed E-state index contributed by atoms with van der Waals surface area (Å²) < 4.78 is 6.13. The molecule has 32 heavy (non-hydrogen) atoms. The Morgan fingerprint density at radius 2 is 1.34 bits per heavy atom. The quantitative estimate of drug-likeness (QED) is 0.306. The van der Waals surface area contributed by atoms with Crippen LogP contribution >= 0.6 is 0 Å². The van der Waals surface area contributed by atoms with Crippen LogP contribution in [-0.2, 0) is 6.61 Å². The molecule has 0 saturated heterocycles. The molecule has 4 nitrogen and oxygen atoms in total. The smallest absolute Gasteiger partial charge is 0.146 e. The molecular formula is C28H19N3O. The predicted octanol–water partition coefficient (Wildman–Crippen LogP) is 6.58. The fourth-order valence-corrected chi connectivity index (χ4v) is 4.10. The number of nitrogens with zero attached hydrogens (tertiary/aromatic N) is 3. The van der Waals surface area contributed by atoms with Crippen molar-refractivity contribution in [3.63, 3.8) is 0 Å². The summed E-state index contributed by atoms with van der Waals surface area (Å²) in [5, 5.41) is 3.17. The van der Waals surface area contributed by atoms with E-state index >= 15 is 0 Å². The van der Waals surface area contributed by atoms with Gasteiger partial charge in [0.15, 0.2) is 0 Å². The standard InChI is InChI=1S/C28H19N3O/c1-2-6-19(7-3-1)18-32-25-15-13-22(23-9-5-17-30-28(23)25)24-14-12-21-11-10-20-8-4-16-29-26(20)27(21)31-24/h1-17H,18H2. The van der Waals surface area contributed by atoms with E-state index in [1.165, 1.54) is 0 Å². The van der Waals surface area contributed by atoms with Gasteiger partial charge in [-0.3, -0.25) is 9.97 Å². The molecule has 0 unspecified atom stereocenters. The van der Waals surface area contributed by atoms with Gasteiger partial charge >= 0.3 is 0 Å². The molecule has 4 heteroatoms. The van der Waals surface area contributed by atoms with Crippen LogP contribution in [0.2, 0.25) is 0 Å². The first-order valence-electron chi connectivity index (χ1n) is 10.6. The van der Waals surface area contributed by atoms with Crippen LogP contribution in [0.5, 0.6) is 5.75 Å². The van der Waals surface area contributed by atoms with E-state index in [2.05, 4.69) is 64.6 Å². The molecule has 0 aliphatic heterocycles. The summed E-state index contributed by atoms with van der Waals surface area (Å²) in [4.78, 5) is 14.2. The van der Waals surface area contributed by atoms with Crippen LogP contribution in [0.4, 0.5) is 0 Å². The zero-order chi connectivity index (χ0) is 21.3. The lowest BCUT2D eigenvalue weighted by atomic mass is 10.0. The van der Waals surface area contributed by atoms with Gasteiger partial charge in [0.25, 0.3) is 0 Å². The highest BCUT2D eigenvalue weighted by Gasteiger charge is 2.12. The predicted molar refractivity (Wildman–Crippen MR) is 129 cm³/mol. The number of rotatable bonds is 4. The average molecular weight is 413 g/mol. The number of fused-ring (bicyclic) bond motifs is 4. The summed E-state index contributed by atoms with van der Waals surface area (Å²) in [6.45, 7) is 0.498. The van der Waals surface area contributed by atoms with E-state index in [4.69, 9.17) is 9.72 Å². The van der Waals surface area contributed by atoms with E-state index in [0.717, 1.165) is 55.3 Å². The van der Waals surface area contributed by atoms with Crippen LogP contribution in [-0.4, -0.2) is 15.0 Å². The molecule has 0 fully saturated rings. The number of aromatic nitrogens is 3. The highest BCUT2D eigenvalue weighted by molar-refractivity contribution is 6.04. The van der Waals surface area contributed by atoms with Gasteiger partial charge in [-0.25, -0.2) is 4.98 Å². The Kier molecular flexibility index (Phi) is 4.47. The molecule has 6 rings (SSSR count). The minimum atomic E-state index is 0.498. The Morgan fingerprint density at radius 1 is 0.594 bits per heavy atom. The van der Waals surface area contributed by atoms with Crippen LogP contribution in [0.25, 0.3) is 44.0 Å². The normalized spacial score (nSPS) is 11.2. The second-order valence-electron chi connectivity index (χ2n) is 7.69. The summed E-state index contributed by atoms with van der Waals surface area (Å²) >= 11 is 0. The molecule has 0 aliphatic carbocycles. The molecular weight excluding hydrogens is 394 g/mol. The monoisotopic (exact) mass is 413 g/mol. The number of benzene rings is 3. The maximum absolute atomic E-state index is 6.13. The Balaban J connectivity index is 1.47. The Bertz CT molecular complexity index is 1580. The second kappa shape index (κ2) is 7.75. The third kappa shape index (κ3) is 3.22. The lowest BCUT2D eigenvalue weighted by molar-refractivity contribution is 0.309. The zero-order valence-electron chi connectivity index (χ0n) is 17.3. The van der Waals surface area contributed by atoms with Crippen molar-refractivity contribution in [2.24, 2.45) is 0 Å². The van der Waals surface area contributed by atoms with E-state index < -0.39 is 0 Å². The molecule has 0 aliphatic rings. The lowest BCUT2D eigenvalue weighted by Gasteiger charge is -2.12. The van der Waals surface area contributed by atoms with Crippen LogP contribution in [0.15, 0.2) is 103 Å². The Labute approximate surface area is 185 Å². The Morgan fingerprint density at radius 3 is 2.22 bits per heavy atom. The van der Waals surface area contributed by atoms with Gasteiger partial charge in [-0.2, -0.15) is 0 Å². The van der Waals surface area contributed by atoms with Gasteiger partial charge in [0, 0.05) is 34.1 Å². The highest BCUT2D eigenvalue weighted by atomic mass is 16.5.